The zero-order valence-electron chi connectivity index (χ0n) is 22.7. The molecule has 0 N–H and O–H groups in total. The summed E-state index contributed by atoms with van der Waals surface area (Å²) in [6.45, 7) is 8.79. The van der Waals surface area contributed by atoms with Gasteiger partial charge < -0.3 is 9.47 Å². The van der Waals surface area contributed by atoms with E-state index >= 15 is 0 Å². The molecule has 2 nitrogen and oxygen atoms in total. The van der Waals surface area contributed by atoms with Crippen LogP contribution >= 0.6 is 0 Å². The van der Waals surface area contributed by atoms with Crippen molar-refractivity contribution in [2.45, 2.75) is 39.5 Å². The molecule has 192 valence electrons. The first kappa shape index (κ1) is 25.6. The second kappa shape index (κ2) is 11.6. The lowest BCUT2D eigenvalue weighted by Crippen LogP contribution is -2.39. The van der Waals surface area contributed by atoms with Gasteiger partial charge in [0, 0.05) is 0 Å². The Hall–Kier alpha value is -4.04. The molecule has 0 unspecified atom stereocenters. The molecular formula is C36H36O2. The van der Waals surface area contributed by atoms with Crippen molar-refractivity contribution in [3.8, 4) is 23.0 Å². The third-order valence-electron chi connectivity index (χ3n) is 7.83. The van der Waals surface area contributed by atoms with E-state index in [1.807, 2.05) is 50.3 Å². The molecule has 4 aromatic carbocycles. The van der Waals surface area contributed by atoms with Gasteiger partial charge in [-0.25, -0.2) is 0 Å². The van der Waals surface area contributed by atoms with Gasteiger partial charge in [-0.05, 0) is 108 Å². The van der Waals surface area contributed by atoms with Gasteiger partial charge >= 0.3 is 0 Å². The lowest BCUT2D eigenvalue weighted by Gasteiger charge is -2.50. The molecule has 1 aliphatic carbocycles. The predicted octanol–water partition coefficient (Wildman–Crippen LogP) is 10.5. The van der Waals surface area contributed by atoms with E-state index in [0.717, 1.165) is 23.0 Å². The molecule has 4 aromatic rings. The van der Waals surface area contributed by atoms with E-state index in [9.17, 15) is 0 Å². The quantitative estimate of drug-likeness (QED) is 0.239. The maximum Gasteiger partial charge on any atom is 0.127 e. The van der Waals surface area contributed by atoms with E-state index in [-0.39, 0.29) is 0 Å². The monoisotopic (exact) mass is 500 g/mol. The van der Waals surface area contributed by atoms with Gasteiger partial charge in [-0.1, -0.05) is 86.7 Å². The summed E-state index contributed by atoms with van der Waals surface area (Å²) in [7, 11) is 0. The molecule has 0 heterocycles. The number of benzene rings is 4. The zero-order chi connectivity index (χ0) is 26.5. The Morgan fingerprint density at radius 1 is 0.447 bits per heavy atom. The second-order valence-corrected chi connectivity index (χ2v) is 10.3. The Bertz CT molecular complexity index is 1270. The number of hydrogen-bond acceptors (Lipinski definition) is 2. The van der Waals surface area contributed by atoms with Crippen molar-refractivity contribution in [1.29, 1.82) is 0 Å². The first-order chi connectivity index (χ1) is 18.6. The Morgan fingerprint density at radius 2 is 0.737 bits per heavy atom. The van der Waals surface area contributed by atoms with Gasteiger partial charge in [-0.15, -0.1) is 0 Å². The normalized spacial score (nSPS) is 20.9. The first-order valence-corrected chi connectivity index (χ1v) is 13.6. The minimum absolute atomic E-state index is 0.491. The summed E-state index contributed by atoms with van der Waals surface area (Å²) in [6.07, 6.45) is 8.25. The lowest BCUT2D eigenvalue weighted by atomic mass is 9.54. The van der Waals surface area contributed by atoms with E-state index in [1.54, 1.807) is 0 Å². The molecule has 0 radical (unpaired) electrons. The Balaban J connectivity index is 1.26. The van der Waals surface area contributed by atoms with E-state index in [1.165, 1.54) is 22.3 Å². The van der Waals surface area contributed by atoms with Gasteiger partial charge in [0.15, 0.2) is 0 Å². The zero-order valence-corrected chi connectivity index (χ0v) is 22.7. The van der Waals surface area contributed by atoms with Gasteiger partial charge in [-0.2, -0.15) is 0 Å². The molecule has 0 aromatic heterocycles. The number of ether oxygens (including phenoxy) is 2. The molecule has 1 saturated carbocycles. The van der Waals surface area contributed by atoms with Crippen molar-refractivity contribution in [3.05, 3.63) is 131 Å². The summed E-state index contributed by atoms with van der Waals surface area (Å²) < 4.78 is 12.2. The summed E-state index contributed by atoms with van der Waals surface area (Å²) >= 11 is 0. The maximum atomic E-state index is 6.10. The molecule has 2 heteroatoms. The number of allylic oxidation sites excluding steroid dienone is 2. The van der Waals surface area contributed by atoms with Gasteiger partial charge in [0.1, 0.15) is 23.0 Å². The molecule has 1 aliphatic rings. The minimum atomic E-state index is 0.491. The van der Waals surface area contributed by atoms with Crippen molar-refractivity contribution >= 4 is 12.2 Å². The Morgan fingerprint density at radius 3 is 1.03 bits per heavy atom. The average Bonchev–Trinajstić information content (AvgIpc) is 2.95. The molecule has 0 aliphatic heterocycles. The van der Waals surface area contributed by atoms with Crippen LogP contribution in [0.25, 0.3) is 12.2 Å². The molecule has 0 saturated heterocycles. The summed E-state index contributed by atoms with van der Waals surface area (Å²) in [6, 6.07) is 33.7. The van der Waals surface area contributed by atoms with E-state index in [0.29, 0.717) is 23.7 Å². The van der Waals surface area contributed by atoms with Crippen molar-refractivity contribution in [2.24, 2.45) is 11.8 Å². The molecule has 38 heavy (non-hydrogen) atoms. The highest BCUT2D eigenvalue weighted by Crippen LogP contribution is 2.57. The van der Waals surface area contributed by atoms with Crippen LogP contribution in [0.15, 0.2) is 109 Å². The van der Waals surface area contributed by atoms with Crippen LogP contribution in [-0.4, -0.2) is 0 Å². The first-order valence-electron chi connectivity index (χ1n) is 13.6. The van der Waals surface area contributed by atoms with Crippen LogP contribution in [-0.2, 0) is 0 Å². The van der Waals surface area contributed by atoms with Crippen LogP contribution in [0.3, 0.4) is 0 Å². The van der Waals surface area contributed by atoms with Gasteiger partial charge in [0.2, 0.25) is 0 Å². The SMILES string of the molecule is C/C=C/c1ccc(Oc2ccc([C@@H]3[C@@H](C)[C@H](C)[C@H]3c3ccc(Oc4ccc(/C=C/C)cc4)cc3)cc2)cc1. The van der Waals surface area contributed by atoms with Crippen LogP contribution in [0.1, 0.15) is 61.8 Å². The minimum Gasteiger partial charge on any atom is -0.457 e. The van der Waals surface area contributed by atoms with Crippen LogP contribution < -0.4 is 9.47 Å². The molecule has 0 spiro atoms. The van der Waals surface area contributed by atoms with E-state index in [4.69, 9.17) is 9.47 Å². The third kappa shape index (κ3) is 5.60. The van der Waals surface area contributed by atoms with Gasteiger partial charge in [0.05, 0.1) is 0 Å². The summed E-state index contributed by atoms with van der Waals surface area (Å²) in [5.74, 6) is 5.66. The molecule has 4 atom stereocenters. The third-order valence-corrected chi connectivity index (χ3v) is 7.83. The highest BCUT2D eigenvalue weighted by atomic mass is 16.5. The highest BCUT2D eigenvalue weighted by molar-refractivity contribution is 5.51. The molecule has 5 rings (SSSR count). The predicted molar refractivity (Wildman–Crippen MR) is 159 cm³/mol. The largest absolute Gasteiger partial charge is 0.457 e. The second-order valence-electron chi connectivity index (χ2n) is 10.3. The van der Waals surface area contributed by atoms with Crippen molar-refractivity contribution in [2.75, 3.05) is 0 Å². The van der Waals surface area contributed by atoms with E-state index in [2.05, 4.69) is 98.8 Å². The Kier molecular flexibility index (Phi) is 7.79. The lowest BCUT2D eigenvalue weighted by molar-refractivity contribution is 0.122. The fourth-order valence-electron chi connectivity index (χ4n) is 5.65. The number of hydrogen-bond donors (Lipinski definition) is 0. The van der Waals surface area contributed by atoms with Crippen LogP contribution in [0.5, 0.6) is 23.0 Å². The molecular weight excluding hydrogens is 464 g/mol. The van der Waals surface area contributed by atoms with Gasteiger partial charge in [0.25, 0.3) is 0 Å². The van der Waals surface area contributed by atoms with E-state index < -0.39 is 0 Å². The average molecular weight is 501 g/mol. The molecule has 0 amide bonds. The summed E-state index contributed by atoms with van der Waals surface area (Å²) in [5, 5.41) is 0. The van der Waals surface area contributed by atoms with Crippen LogP contribution in [0, 0.1) is 11.8 Å². The standard InChI is InChI=1S/C36H36O2/c1-5-7-27-9-17-31(18-10-27)37-33-21-13-29(14-22-33)35-25(3)26(4)36(35)30-15-23-34(24-16-30)38-32-19-11-28(8-6-2)12-20-32/h5-26,35-36H,1-4H3/b7-5+,8-6+/t25-,26-,35-,36-/m0/s1. The summed E-state index contributed by atoms with van der Waals surface area (Å²) in [5.41, 5.74) is 5.09. The van der Waals surface area contributed by atoms with Crippen molar-refractivity contribution in [3.63, 3.8) is 0 Å². The van der Waals surface area contributed by atoms with Crippen molar-refractivity contribution < 1.29 is 9.47 Å². The van der Waals surface area contributed by atoms with Crippen LogP contribution in [0.2, 0.25) is 0 Å². The fourth-order valence-corrected chi connectivity index (χ4v) is 5.65. The smallest absolute Gasteiger partial charge is 0.127 e. The fraction of sp³-hybridized carbons (Fsp3) is 0.222. The van der Waals surface area contributed by atoms with Crippen molar-refractivity contribution in [1.82, 2.24) is 0 Å². The molecule has 0 bridgehead atoms. The van der Waals surface area contributed by atoms with Crippen LogP contribution in [0.4, 0.5) is 0 Å². The Labute approximate surface area is 227 Å². The summed E-state index contributed by atoms with van der Waals surface area (Å²) in [4.78, 5) is 0. The maximum absolute atomic E-state index is 6.10. The topological polar surface area (TPSA) is 18.5 Å². The number of rotatable bonds is 8. The highest BCUT2D eigenvalue weighted by Gasteiger charge is 2.46. The van der Waals surface area contributed by atoms with Gasteiger partial charge in [-0.3, -0.25) is 0 Å². The molecule has 1 fully saturated rings.